The zero-order valence-corrected chi connectivity index (χ0v) is 19.1. The van der Waals surface area contributed by atoms with Crippen molar-refractivity contribution in [3.8, 4) is 16.8 Å². The molecule has 2 heterocycles. The van der Waals surface area contributed by atoms with E-state index in [0.717, 1.165) is 33.4 Å². The number of aromatic carboxylic acids is 1. The Bertz CT molecular complexity index is 1310. The second-order valence-electron chi connectivity index (χ2n) is 7.61. The van der Waals surface area contributed by atoms with Gasteiger partial charge in [0, 0.05) is 51.6 Å². The van der Waals surface area contributed by atoms with Gasteiger partial charge in [-0.2, -0.15) is 0 Å². The molecule has 0 bridgehead atoms. The molecule has 0 aliphatic rings. The van der Waals surface area contributed by atoms with Crippen molar-refractivity contribution in [2.75, 3.05) is 5.73 Å². The fourth-order valence-corrected chi connectivity index (χ4v) is 3.90. The van der Waals surface area contributed by atoms with Gasteiger partial charge in [0.15, 0.2) is 0 Å². The summed E-state index contributed by atoms with van der Waals surface area (Å²) in [5.41, 5.74) is 11.4. The van der Waals surface area contributed by atoms with Crippen molar-refractivity contribution in [1.82, 2.24) is 9.55 Å². The summed E-state index contributed by atoms with van der Waals surface area (Å²) in [5.74, 6) is -1.36. The number of pyridine rings is 1. The fourth-order valence-electron chi connectivity index (χ4n) is 3.90. The number of carboxylic acid groups (broad SMARTS) is 1. The average Bonchev–Trinajstić information content (AvgIpc) is 3.14. The van der Waals surface area contributed by atoms with E-state index in [1.165, 1.54) is 24.4 Å². The minimum Gasteiger partial charge on any atom is -0.477 e. The molecular formula is C26H27FN4O2. The predicted molar refractivity (Wildman–Crippen MR) is 131 cm³/mol. The number of carboxylic acids is 1. The average molecular weight is 447 g/mol. The summed E-state index contributed by atoms with van der Waals surface area (Å²) in [7, 11) is 0. The third kappa shape index (κ3) is 4.35. The molecule has 6 nitrogen and oxygen atoms in total. The van der Waals surface area contributed by atoms with E-state index in [2.05, 4.69) is 18.8 Å². The molecule has 0 saturated carbocycles. The molecular weight excluding hydrogens is 419 g/mol. The van der Waals surface area contributed by atoms with Gasteiger partial charge < -0.3 is 20.8 Å². The van der Waals surface area contributed by atoms with Crippen LogP contribution in [-0.4, -0.2) is 26.8 Å². The fraction of sp³-hybridized carbons (Fsp3) is 0.192. The van der Waals surface area contributed by atoms with Crippen LogP contribution in [-0.2, 0) is 0 Å². The van der Waals surface area contributed by atoms with Crippen LogP contribution in [0.3, 0.4) is 0 Å². The number of halogens is 1. The quantitative estimate of drug-likeness (QED) is 0.248. The second-order valence-corrected chi connectivity index (χ2v) is 7.61. The van der Waals surface area contributed by atoms with E-state index in [0.29, 0.717) is 11.3 Å². The molecule has 0 aliphatic heterocycles. The molecule has 0 radical (unpaired) electrons. The monoisotopic (exact) mass is 446 g/mol. The molecule has 7 heteroatoms. The number of hydrogen-bond acceptors (Lipinski definition) is 4. The maximum atomic E-state index is 13.6. The highest BCUT2D eigenvalue weighted by atomic mass is 19.1. The first kappa shape index (κ1) is 23.7. The van der Waals surface area contributed by atoms with Crippen molar-refractivity contribution in [3.05, 3.63) is 77.5 Å². The SMILES string of the molecule is CC.CC(C)c1c(-c2ccc(C(=O)O)nc2)c2cc(N)c(C=N)cc2n1-c1ccc(F)cc1. The number of hydrogen-bond donors (Lipinski definition) is 3. The van der Waals surface area contributed by atoms with E-state index in [1.807, 2.05) is 30.5 Å². The molecule has 0 fully saturated rings. The van der Waals surface area contributed by atoms with Crippen molar-refractivity contribution in [1.29, 1.82) is 5.41 Å². The van der Waals surface area contributed by atoms with Gasteiger partial charge in [0.05, 0.1) is 5.52 Å². The van der Waals surface area contributed by atoms with Crippen molar-refractivity contribution in [2.24, 2.45) is 0 Å². The Morgan fingerprint density at radius 1 is 1.15 bits per heavy atom. The molecule has 4 rings (SSSR count). The minimum absolute atomic E-state index is 0.0391. The summed E-state index contributed by atoms with van der Waals surface area (Å²) in [6.07, 6.45) is 2.74. The molecule has 2 aromatic carbocycles. The Balaban J connectivity index is 0.00000149. The van der Waals surface area contributed by atoms with E-state index < -0.39 is 5.97 Å². The number of nitrogen functional groups attached to an aromatic ring is 1. The second kappa shape index (κ2) is 9.65. The van der Waals surface area contributed by atoms with Crippen LogP contribution in [0.5, 0.6) is 0 Å². The Morgan fingerprint density at radius 2 is 1.82 bits per heavy atom. The number of carbonyl (C=O) groups is 1. The summed E-state index contributed by atoms with van der Waals surface area (Å²) in [5, 5.41) is 17.7. The molecule has 0 unspecified atom stereocenters. The van der Waals surface area contributed by atoms with E-state index >= 15 is 0 Å². The van der Waals surface area contributed by atoms with Crippen molar-refractivity contribution < 1.29 is 14.3 Å². The highest BCUT2D eigenvalue weighted by Gasteiger charge is 2.23. The number of nitrogens with zero attached hydrogens (tertiary/aromatic N) is 2. The van der Waals surface area contributed by atoms with Crippen LogP contribution in [0.4, 0.5) is 10.1 Å². The van der Waals surface area contributed by atoms with E-state index in [4.69, 9.17) is 11.1 Å². The number of nitrogens with one attached hydrogen (secondary N) is 1. The topological polar surface area (TPSA) is 105 Å². The van der Waals surface area contributed by atoms with Gasteiger partial charge in [-0.25, -0.2) is 14.2 Å². The number of nitrogens with two attached hydrogens (primary N) is 1. The summed E-state index contributed by atoms with van der Waals surface area (Å²) < 4.78 is 15.6. The molecule has 0 amide bonds. The Hall–Kier alpha value is -4.00. The Labute approximate surface area is 192 Å². The van der Waals surface area contributed by atoms with Gasteiger partial charge in [0.25, 0.3) is 0 Å². The molecule has 170 valence electrons. The number of fused-ring (bicyclic) bond motifs is 1. The molecule has 0 atom stereocenters. The lowest BCUT2D eigenvalue weighted by molar-refractivity contribution is 0.0690. The predicted octanol–water partition coefficient (Wildman–Crippen LogP) is 6.26. The smallest absolute Gasteiger partial charge is 0.354 e. The van der Waals surface area contributed by atoms with Crippen LogP contribution in [0.25, 0.3) is 27.7 Å². The molecule has 4 N–H and O–H groups in total. The molecule has 0 spiro atoms. The van der Waals surface area contributed by atoms with Crippen LogP contribution >= 0.6 is 0 Å². The van der Waals surface area contributed by atoms with Gasteiger partial charge in [0.1, 0.15) is 11.5 Å². The highest BCUT2D eigenvalue weighted by Crippen LogP contribution is 2.41. The molecule has 4 aromatic rings. The largest absolute Gasteiger partial charge is 0.477 e. The van der Waals surface area contributed by atoms with Gasteiger partial charge >= 0.3 is 5.97 Å². The van der Waals surface area contributed by atoms with Crippen LogP contribution in [0.2, 0.25) is 0 Å². The van der Waals surface area contributed by atoms with Crippen LogP contribution in [0.1, 0.15) is 55.4 Å². The first-order chi connectivity index (χ1) is 15.8. The van der Waals surface area contributed by atoms with Crippen LogP contribution in [0.15, 0.2) is 54.7 Å². The van der Waals surface area contributed by atoms with Crippen LogP contribution in [0, 0.1) is 11.2 Å². The molecule has 2 aromatic heterocycles. The zero-order chi connectivity index (χ0) is 24.3. The maximum absolute atomic E-state index is 13.6. The first-order valence-electron chi connectivity index (χ1n) is 10.8. The number of benzene rings is 2. The van der Waals surface area contributed by atoms with Gasteiger partial charge in [-0.3, -0.25) is 0 Å². The Morgan fingerprint density at radius 3 is 2.33 bits per heavy atom. The van der Waals surface area contributed by atoms with Gasteiger partial charge in [-0.05, 0) is 48.4 Å². The van der Waals surface area contributed by atoms with Gasteiger partial charge in [-0.1, -0.05) is 33.8 Å². The van der Waals surface area contributed by atoms with Gasteiger partial charge in [-0.15, -0.1) is 0 Å². The number of anilines is 1. The maximum Gasteiger partial charge on any atom is 0.354 e. The van der Waals surface area contributed by atoms with Crippen molar-refractivity contribution in [2.45, 2.75) is 33.6 Å². The standard InChI is InChI=1S/C24H21FN4O2.C2H6/c1-13(2)23-22(14-3-8-20(24(30)31)28-12-14)18-10-19(27)15(11-26)9-21(18)29(23)17-6-4-16(25)5-7-17;1-2/h3-13,26H,27H2,1-2H3,(H,30,31);1-2H3. The summed E-state index contributed by atoms with van der Waals surface area (Å²) in [6.45, 7) is 8.11. The molecule has 33 heavy (non-hydrogen) atoms. The first-order valence-corrected chi connectivity index (χ1v) is 10.8. The third-order valence-electron chi connectivity index (χ3n) is 5.27. The van der Waals surface area contributed by atoms with E-state index in [-0.39, 0.29) is 17.4 Å². The summed E-state index contributed by atoms with van der Waals surface area (Å²) in [6, 6.07) is 13.1. The van der Waals surface area contributed by atoms with Crippen LogP contribution < -0.4 is 5.73 Å². The third-order valence-corrected chi connectivity index (χ3v) is 5.27. The normalized spacial score (nSPS) is 10.7. The minimum atomic E-state index is -1.09. The lowest BCUT2D eigenvalue weighted by Gasteiger charge is -2.16. The van der Waals surface area contributed by atoms with Gasteiger partial charge in [0.2, 0.25) is 0 Å². The van der Waals surface area contributed by atoms with Crippen molar-refractivity contribution >= 4 is 28.8 Å². The summed E-state index contributed by atoms with van der Waals surface area (Å²) >= 11 is 0. The van der Waals surface area contributed by atoms with E-state index in [9.17, 15) is 14.3 Å². The molecule has 0 aliphatic carbocycles. The number of aromatic nitrogens is 2. The lowest BCUT2D eigenvalue weighted by Crippen LogP contribution is -2.04. The summed E-state index contributed by atoms with van der Waals surface area (Å²) in [4.78, 5) is 15.3. The highest BCUT2D eigenvalue weighted by molar-refractivity contribution is 6.04. The number of rotatable bonds is 5. The molecule has 0 saturated heterocycles. The zero-order valence-electron chi connectivity index (χ0n) is 19.1. The van der Waals surface area contributed by atoms with E-state index in [1.54, 1.807) is 24.4 Å². The van der Waals surface area contributed by atoms with Crippen molar-refractivity contribution in [3.63, 3.8) is 0 Å². The Kier molecular flexibility index (Phi) is 6.92. The lowest BCUT2D eigenvalue weighted by atomic mass is 9.97.